The van der Waals surface area contributed by atoms with E-state index in [0.717, 1.165) is 55.2 Å². The van der Waals surface area contributed by atoms with E-state index < -0.39 is 0 Å². The molecule has 1 fully saturated rings. The van der Waals surface area contributed by atoms with Gasteiger partial charge in [-0.15, -0.1) is 11.3 Å². The number of hydrogen-bond donors (Lipinski definition) is 0. The molecule has 25 heavy (non-hydrogen) atoms. The second kappa shape index (κ2) is 7.06. The lowest BCUT2D eigenvalue weighted by Gasteiger charge is -2.31. The number of rotatable bonds is 4. The summed E-state index contributed by atoms with van der Waals surface area (Å²) in [6.45, 7) is 7.08. The zero-order chi connectivity index (χ0) is 17.2. The first-order valence-electron chi connectivity index (χ1n) is 8.71. The minimum atomic E-state index is 0.521. The molecule has 0 aliphatic carbocycles. The first-order chi connectivity index (χ1) is 12.2. The zero-order valence-corrected chi connectivity index (χ0v) is 15.4. The SMILES string of the molecule is Cc1noc(C)c1-c1cccc(C2CCN(Cc3nccs3)CC2)n1. The van der Waals surface area contributed by atoms with Crippen LogP contribution in [0.15, 0.2) is 34.3 Å². The van der Waals surface area contributed by atoms with Crippen LogP contribution in [0.4, 0.5) is 0 Å². The van der Waals surface area contributed by atoms with E-state index in [4.69, 9.17) is 9.51 Å². The molecule has 130 valence electrons. The molecule has 6 heteroatoms. The molecule has 1 aliphatic rings. The highest BCUT2D eigenvalue weighted by molar-refractivity contribution is 7.09. The topological polar surface area (TPSA) is 55.1 Å². The van der Waals surface area contributed by atoms with Gasteiger partial charge < -0.3 is 4.52 Å². The third kappa shape index (κ3) is 3.50. The predicted octanol–water partition coefficient (Wildman–Crippen LogP) is 4.19. The number of pyridine rings is 1. The Bertz CT molecular complexity index is 815. The fourth-order valence-corrected chi connectivity index (χ4v) is 4.23. The standard InChI is InChI=1S/C19H22N4OS/c1-13-19(14(2)24-22-13)17-5-3-4-16(21-17)15-6-9-23(10-7-15)12-18-20-8-11-25-18/h3-5,8,11,15H,6-7,9-10,12H2,1-2H3. The Morgan fingerprint density at radius 1 is 1.24 bits per heavy atom. The maximum Gasteiger partial charge on any atom is 0.143 e. The van der Waals surface area contributed by atoms with Crippen LogP contribution in [0.1, 0.15) is 40.9 Å². The lowest BCUT2D eigenvalue weighted by Crippen LogP contribution is -2.32. The number of aromatic nitrogens is 3. The van der Waals surface area contributed by atoms with Gasteiger partial charge in [0.1, 0.15) is 10.8 Å². The van der Waals surface area contributed by atoms with Gasteiger partial charge in [-0.05, 0) is 51.9 Å². The summed E-state index contributed by atoms with van der Waals surface area (Å²) >= 11 is 1.74. The average molecular weight is 354 g/mol. The number of hydrogen-bond acceptors (Lipinski definition) is 6. The molecule has 0 saturated carbocycles. The Hall–Kier alpha value is -2.05. The summed E-state index contributed by atoms with van der Waals surface area (Å²) in [5.41, 5.74) is 4.09. The van der Waals surface area contributed by atoms with Gasteiger partial charge in [-0.1, -0.05) is 11.2 Å². The Kier molecular flexibility index (Phi) is 4.63. The molecular formula is C19H22N4OS. The summed E-state index contributed by atoms with van der Waals surface area (Å²) in [6, 6.07) is 6.31. The van der Waals surface area contributed by atoms with E-state index in [1.165, 1.54) is 10.7 Å². The number of likely N-dealkylation sites (tertiary alicyclic amines) is 1. The van der Waals surface area contributed by atoms with Crippen LogP contribution in [0, 0.1) is 13.8 Å². The van der Waals surface area contributed by atoms with Gasteiger partial charge >= 0.3 is 0 Å². The van der Waals surface area contributed by atoms with E-state index in [1.807, 2.05) is 31.5 Å². The van der Waals surface area contributed by atoms with Crippen molar-refractivity contribution in [2.45, 2.75) is 39.2 Å². The first kappa shape index (κ1) is 16.4. The second-order valence-electron chi connectivity index (χ2n) is 6.62. The van der Waals surface area contributed by atoms with Gasteiger partial charge in [-0.2, -0.15) is 0 Å². The van der Waals surface area contributed by atoms with Gasteiger partial charge in [0.05, 0.1) is 23.5 Å². The molecule has 1 aliphatic heterocycles. The van der Waals surface area contributed by atoms with Crippen LogP contribution in [0.3, 0.4) is 0 Å². The van der Waals surface area contributed by atoms with Gasteiger partial charge in [-0.25, -0.2) is 4.98 Å². The van der Waals surface area contributed by atoms with Crippen molar-refractivity contribution in [2.24, 2.45) is 0 Å². The first-order valence-corrected chi connectivity index (χ1v) is 9.59. The van der Waals surface area contributed by atoms with Gasteiger partial charge in [0, 0.05) is 23.2 Å². The smallest absolute Gasteiger partial charge is 0.143 e. The summed E-state index contributed by atoms with van der Waals surface area (Å²) in [6.07, 6.45) is 4.17. The number of thiazole rings is 1. The van der Waals surface area contributed by atoms with Crippen molar-refractivity contribution >= 4 is 11.3 Å². The third-order valence-electron chi connectivity index (χ3n) is 4.91. The maximum absolute atomic E-state index is 5.30. The molecule has 0 bridgehead atoms. The monoisotopic (exact) mass is 354 g/mol. The average Bonchev–Trinajstić information content (AvgIpc) is 3.25. The van der Waals surface area contributed by atoms with Gasteiger partial charge in [0.25, 0.3) is 0 Å². The Labute approximate surface area is 151 Å². The molecule has 0 unspecified atom stereocenters. The molecule has 0 radical (unpaired) electrons. The van der Waals surface area contributed by atoms with Crippen LogP contribution in [-0.4, -0.2) is 33.1 Å². The Morgan fingerprint density at radius 2 is 2.08 bits per heavy atom. The van der Waals surface area contributed by atoms with E-state index in [-0.39, 0.29) is 0 Å². The lowest BCUT2D eigenvalue weighted by molar-refractivity contribution is 0.203. The summed E-state index contributed by atoms with van der Waals surface area (Å²) in [5, 5.41) is 7.31. The molecule has 0 atom stereocenters. The minimum Gasteiger partial charge on any atom is -0.361 e. The Balaban J connectivity index is 1.46. The number of aryl methyl sites for hydroxylation is 2. The van der Waals surface area contributed by atoms with Crippen LogP contribution < -0.4 is 0 Å². The number of nitrogens with zero attached hydrogens (tertiary/aromatic N) is 4. The molecule has 0 amide bonds. The highest BCUT2D eigenvalue weighted by atomic mass is 32.1. The lowest BCUT2D eigenvalue weighted by atomic mass is 9.92. The highest BCUT2D eigenvalue weighted by Gasteiger charge is 2.23. The largest absolute Gasteiger partial charge is 0.361 e. The van der Waals surface area contributed by atoms with E-state index in [9.17, 15) is 0 Å². The van der Waals surface area contributed by atoms with Gasteiger partial charge in [-0.3, -0.25) is 9.88 Å². The minimum absolute atomic E-state index is 0.521. The van der Waals surface area contributed by atoms with Gasteiger partial charge in [0.2, 0.25) is 0 Å². The van der Waals surface area contributed by atoms with E-state index in [2.05, 4.69) is 27.2 Å². The van der Waals surface area contributed by atoms with Crippen molar-refractivity contribution < 1.29 is 4.52 Å². The molecule has 3 aromatic rings. The predicted molar refractivity (Wildman–Crippen MR) is 98.6 cm³/mol. The van der Waals surface area contributed by atoms with Crippen molar-refractivity contribution in [3.8, 4) is 11.3 Å². The van der Waals surface area contributed by atoms with Crippen molar-refractivity contribution in [1.29, 1.82) is 0 Å². The van der Waals surface area contributed by atoms with Crippen LogP contribution in [0.2, 0.25) is 0 Å². The van der Waals surface area contributed by atoms with Crippen LogP contribution in [0.25, 0.3) is 11.3 Å². The molecule has 4 heterocycles. The molecule has 0 aromatic carbocycles. The van der Waals surface area contributed by atoms with E-state index in [1.54, 1.807) is 11.3 Å². The van der Waals surface area contributed by atoms with Crippen molar-refractivity contribution in [1.82, 2.24) is 20.0 Å². The zero-order valence-electron chi connectivity index (χ0n) is 14.6. The third-order valence-corrected chi connectivity index (χ3v) is 5.67. The quantitative estimate of drug-likeness (QED) is 0.703. The van der Waals surface area contributed by atoms with Crippen molar-refractivity contribution in [2.75, 3.05) is 13.1 Å². The van der Waals surface area contributed by atoms with E-state index >= 15 is 0 Å². The Morgan fingerprint density at radius 3 is 2.76 bits per heavy atom. The van der Waals surface area contributed by atoms with Crippen LogP contribution in [0.5, 0.6) is 0 Å². The highest BCUT2D eigenvalue weighted by Crippen LogP contribution is 2.31. The molecule has 3 aromatic heterocycles. The fraction of sp³-hybridized carbons (Fsp3) is 0.421. The van der Waals surface area contributed by atoms with E-state index in [0.29, 0.717) is 5.92 Å². The molecule has 1 saturated heterocycles. The molecule has 0 spiro atoms. The van der Waals surface area contributed by atoms with Gasteiger partial charge in [0.15, 0.2) is 0 Å². The second-order valence-corrected chi connectivity index (χ2v) is 7.60. The number of piperidine rings is 1. The summed E-state index contributed by atoms with van der Waals surface area (Å²) in [4.78, 5) is 11.8. The van der Waals surface area contributed by atoms with Crippen LogP contribution >= 0.6 is 11.3 Å². The maximum atomic E-state index is 5.30. The normalized spacial score (nSPS) is 16.4. The molecule has 4 rings (SSSR count). The summed E-state index contributed by atoms with van der Waals surface area (Å²) < 4.78 is 5.30. The summed E-state index contributed by atoms with van der Waals surface area (Å²) in [5.74, 6) is 1.35. The fourth-order valence-electron chi connectivity index (χ4n) is 3.58. The molecule has 0 N–H and O–H groups in total. The molecule has 5 nitrogen and oxygen atoms in total. The van der Waals surface area contributed by atoms with Crippen molar-refractivity contribution in [3.63, 3.8) is 0 Å². The summed E-state index contributed by atoms with van der Waals surface area (Å²) in [7, 11) is 0. The van der Waals surface area contributed by atoms with Crippen molar-refractivity contribution in [3.05, 3.63) is 51.9 Å². The van der Waals surface area contributed by atoms with Crippen LogP contribution in [-0.2, 0) is 6.54 Å². The molecular weight excluding hydrogens is 332 g/mol.